The van der Waals surface area contributed by atoms with Crippen LogP contribution in [0.25, 0.3) is 0 Å². The van der Waals surface area contributed by atoms with Crippen molar-refractivity contribution < 1.29 is 23.9 Å². The molecule has 1 unspecified atom stereocenters. The monoisotopic (exact) mass is 216 g/mol. The molecule has 0 spiro atoms. The van der Waals surface area contributed by atoms with Gasteiger partial charge in [0.2, 0.25) is 5.78 Å². The number of Topliss-reactive ketones (excluding diaryl/α,β-unsaturated/α-hetero) is 1. The second-order valence-corrected chi connectivity index (χ2v) is 3.12. The van der Waals surface area contributed by atoms with Gasteiger partial charge >= 0.3 is 11.9 Å². The third-order valence-corrected chi connectivity index (χ3v) is 1.65. The Hall–Kier alpha value is -1.39. The van der Waals surface area contributed by atoms with E-state index in [-0.39, 0.29) is 0 Å². The van der Waals surface area contributed by atoms with E-state index in [1.807, 2.05) is 6.92 Å². The Morgan fingerprint density at radius 2 is 1.87 bits per heavy atom. The standard InChI is InChI=1S/C10H16O5/c1-4-5-6-14-10(13)8(3)15-9(12)7(2)11/h8H,4-6H2,1-3H3. The van der Waals surface area contributed by atoms with E-state index in [1.54, 1.807) is 0 Å². The van der Waals surface area contributed by atoms with Crippen LogP contribution in [0.2, 0.25) is 0 Å². The van der Waals surface area contributed by atoms with Crippen molar-refractivity contribution in [3.63, 3.8) is 0 Å². The molecule has 0 radical (unpaired) electrons. The smallest absolute Gasteiger partial charge is 0.375 e. The molecule has 0 N–H and O–H groups in total. The van der Waals surface area contributed by atoms with Gasteiger partial charge in [-0.05, 0) is 13.3 Å². The summed E-state index contributed by atoms with van der Waals surface area (Å²) in [4.78, 5) is 32.5. The first kappa shape index (κ1) is 13.6. The summed E-state index contributed by atoms with van der Waals surface area (Å²) in [6.07, 6.45) is 0.645. The Morgan fingerprint density at radius 3 is 2.33 bits per heavy atom. The number of ketones is 1. The first-order valence-electron chi connectivity index (χ1n) is 4.87. The molecule has 5 heteroatoms. The molecule has 0 aromatic heterocycles. The van der Waals surface area contributed by atoms with Gasteiger partial charge in [-0.15, -0.1) is 0 Å². The number of carbonyl (C=O) groups excluding carboxylic acids is 3. The minimum absolute atomic E-state index is 0.303. The summed E-state index contributed by atoms with van der Waals surface area (Å²) in [6, 6.07) is 0. The van der Waals surface area contributed by atoms with Crippen molar-refractivity contribution in [1.29, 1.82) is 0 Å². The Bertz CT molecular complexity index is 246. The fourth-order valence-electron chi connectivity index (χ4n) is 0.726. The maximum Gasteiger partial charge on any atom is 0.375 e. The number of hydrogen-bond donors (Lipinski definition) is 0. The summed E-state index contributed by atoms with van der Waals surface area (Å²) in [6.45, 7) is 4.72. The number of esters is 2. The Balaban J connectivity index is 3.88. The third-order valence-electron chi connectivity index (χ3n) is 1.65. The molecule has 86 valence electrons. The molecule has 0 amide bonds. The van der Waals surface area contributed by atoms with Gasteiger partial charge in [0.05, 0.1) is 6.61 Å². The SMILES string of the molecule is CCCCOC(=O)C(C)OC(=O)C(C)=O. The fourth-order valence-corrected chi connectivity index (χ4v) is 0.726. The normalized spacial score (nSPS) is 11.7. The van der Waals surface area contributed by atoms with E-state index < -0.39 is 23.8 Å². The zero-order valence-electron chi connectivity index (χ0n) is 9.24. The summed E-state index contributed by atoms with van der Waals surface area (Å²) in [5.74, 6) is -2.38. The quantitative estimate of drug-likeness (QED) is 0.374. The van der Waals surface area contributed by atoms with Gasteiger partial charge in [-0.1, -0.05) is 13.3 Å². The number of ether oxygens (including phenoxy) is 2. The van der Waals surface area contributed by atoms with Crippen LogP contribution in [0.1, 0.15) is 33.6 Å². The minimum atomic E-state index is -1.03. The molecule has 0 aliphatic rings. The van der Waals surface area contributed by atoms with Crippen molar-refractivity contribution in [3.8, 4) is 0 Å². The molecule has 0 rings (SSSR count). The van der Waals surface area contributed by atoms with Crippen molar-refractivity contribution in [2.24, 2.45) is 0 Å². The Labute approximate surface area is 88.7 Å². The predicted octanol–water partition coefficient (Wildman–Crippen LogP) is 0.850. The average molecular weight is 216 g/mol. The third kappa shape index (κ3) is 5.83. The van der Waals surface area contributed by atoms with Crippen LogP contribution in [-0.4, -0.2) is 30.4 Å². The van der Waals surface area contributed by atoms with E-state index in [0.29, 0.717) is 6.61 Å². The van der Waals surface area contributed by atoms with Crippen LogP contribution < -0.4 is 0 Å². The maximum absolute atomic E-state index is 11.2. The highest BCUT2D eigenvalue weighted by Gasteiger charge is 2.21. The average Bonchev–Trinajstić information content (AvgIpc) is 2.17. The van der Waals surface area contributed by atoms with Gasteiger partial charge in [-0.25, -0.2) is 9.59 Å². The maximum atomic E-state index is 11.2. The zero-order chi connectivity index (χ0) is 11.8. The van der Waals surface area contributed by atoms with Crippen LogP contribution in [0.3, 0.4) is 0 Å². The van der Waals surface area contributed by atoms with Gasteiger partial charge in [0.25, 0.3) is 0 Å². The molecular formula is C10H16O5. The van der Waals surface area contributed by atoms with E-state index in [4.69, 9.17) is 4.74 Å². The molecule has 0 saturated carbocycles. The Morgan fingerprint density at radius 1 is 1.27 bits per heavy atom. The number of rotatable bonds is 6. The molecule has 5 nitrogen and oxygen atoms in total. The molecule has 15 heavy (non-hydrogen) atoms. The van der Waals surface area contributed by atoms with E-state index in [1.165, 1.54) is 6.92 Å². The molecule has 0 aromatic rings. The van der Waals surface area contributed by atoms with Gasteiger partial charge < -0.3 is 9.47 Å². The zero-order valence-corrected chi connectivity index (χ0v) is 9.24. The molecule has 0 aliphatic carbocycles. The van der Waals surface area contributed by atoms with Crippen molar-refractivity contribution >= 4 is 17.7 Å². The summed E-state index contributed by atoms with van der Waals surface area (Å²) in [5, 5.41) is 0. The summed E-state index contributed by atoms with van der Waals surface area (Å²) < 4.78 is 9.34. The minimum Gasteiger partial charge on any atom is -0.463 e. The van der Waals surface area contributed by atoms with Crippen LogP contribution in [0.4, 0.5) is 0 Å². The lowest BCUT2D eigenvalue weighted by Crippen LogP contribution is -2.29. The Kier molecular flexibility index (Phi) is 6.33. The van der Waals surface area contributed by atoms with Crippen LogP contribution in [0.15, 0.2) is 0 Å². The van der Waals surface area contributed by atoms with Gasteiger partial charge in [0.1, 0.15) is 0 Å². The van der Waals surface area contributed by atoms with Crippen molar-refractivity contribution in [1.82, 2.24) is 0 Å². The summed E-state index contributed by atoms with van der Waals surface area (Å²) in [5.41, 5.74) is 0. The molecule has 0 saturated heterocycles. The topological polar surface area (TPSA) is 69.7 Å². The van der Waals surface area contributed by atoms with Crippen LogP contribution >= 0.6 is 0 Å². The van der Waals surface area contributed by atoms with Crippen LogP contribution in [0.5, 0.6) is 0 Å². The molecule has 1 atom stereocenters. The number of carbonyl (C=O) groups is 3. The molecule has 0 bridgehead atoms. The van der Waals surface area contributed by atoms with Crippen molar-refractivity contribution in [2.75, 3.05) is 6.61 Å². The van der Waals surface area contributed by atoms with Gasteiger partial charge in [0, 0.05) is 6.92 Å². The summed E-state index contributed by atoms with van der Waals surface area (Å²) in [7, 11) is 0. The fraction of sp³-hybridized carbons (Fsp3) is 0.700. The van der Waals surface area contributed by atoms with Crippen LogP contribution in [-0.2, 0) is 23.9 Å². The molecule has 0 fully saturated rings. The van der Waals surface area contributed by atoms with Crippen LogP contribution in [0, 0.1) is 0 Å². The molecule has 0 aromatic carbocycles. The van der Waals surface area contributed by atoms with E-state index in [0.717, 1.165) is 19.8 Å². The first-order valence-corrected chi connectivity index (χ1v) is 4.87. The van der Waals surface area contributed by atoms with E-state index in [9.17, 15) is 14.4 Å². The lowest BCUT2D eigenvalue weighted by Gasteiger charge is -2.11. The summed E-state index contributed by atoms with van der Waals surface area (Å²) >= 11 is 0. The number of unbranched alkanes of at least 4 members (excludes halogenated alkanes) is 1. The van der Waals surface area contributed by atoms with E-state index >= 15 is 0 Å². The van der Waals surface area contributed by atoms with Crippen molar-refractivity contribution in [2.45, 2.75) is 39.7 Å². The van der Waals surface area contributed by atoms with Gasteiger partial charge in [-0.3, -0.25) is 4.79 Å². The highest BCUT2D eigenvalue weighted by molar-refractivity contribution is 6.32. The highest BCUT2D eigenvalue weighted by atomic mass is 16.6. The predicted molar refractivity (Wildman–Crippen MR) is 52.1 cm³/mol. The second kappa shape index (κ2) is 6.98. The largest absolute Gasteiger partial charge is 0.463 e. The first-order chi connectivity index (χ1) is 6.99. The van der Waals surface area contributed by atoms with Gasteiger partial charge in [-0.2, -0.15) is 0 Å². The molecule has 0 aliphatic heterocycles. The lowest BCUT2D eigenvalue weighted by atomic mass is 10.3. The van der Waals surface area contributed by atoms with E-state index in [2.05, 4.69) is 4.74 Å². The molecule has 0 heterocycles. The second-order valence-electron chi connectivity index (χ2n) is 3.12. The van der Waals surface area contributed by atoms with Crippen molar-refractivity contribution in [3.05, 3.63) is 0 Å². The highest BCUT2D eigenvalue weighted by Crippen LogP contribution is 1.98. The lowest BCUT2D eigenvalue weighted by molar-refractivity contribution is -0.168. The van der Waals surface area contributed by atoms with Gasteiger partial charge in [0.15, 0.2) is 6.10 Å². The molecular weight excluding hydrogens is 200 g/mol. The number of hydrogen-bond acceptors (Lipinski definition) is 5.